The van der Waals surface area contributed by atoms with Gasteiger partial charge in [-0.05, 0) is 47.1 Å². The van der Waals surface area contributed by atoms with Crippen LogP contribution in [-0.4, -0.2) is 44.3 Å². The van der Waals surface area contributed by atoms with Crippen molar-refractivity contribution in [2.45, 2.75) is 17.2 Å². The quantitative estimate of drug-likeness (QED) is 0.771. The molecule has 0 N–H and O–H groups in total. The standard InChI is InChI=1S/C16H19BrN2O2S2/c1-12-10-15(22-16(12)17)23(20,21)19-9-8-18(2)11-14(19)13-6-4-3-5-7-13/h3-7,10,14H,8-9,11H2,1-2H3. The zero-order valence-electron chi connectivity index (χ0n) is 13.1. The maximum atomic E-state index is 13.1. The molecule has 7 heteroatoms. The van der Waals surface area contributed by atoms with E-state index in [1.165, 1.54) is 11.3 Å². The number of benzene rings is 1. The van der Waals surface area contributed by atoms with Gasteiger partial charge in [0.1, 0.15) is 4.21 Å². The summed E-state index contributed by atoms with van der Waals surface area (Å²) in [7, 11) is -1.46. The van der Waals surface area contributed by atoms with Crippen LogP contribution in [0.1, 0.15) is 17.2 Å². The lowest BCUT2D eigenvalue weighted by molar-refractivity contribution is 0.161. The zero-order chi connectivity index (χ0) is 16.6. The van der Waals surface area contributed by atoms with Crippen molar-refractivity contribution >= 4 is 37.3 Å². The van der Waals surface area contributed by atoms with Gasteiger partial charge in [-0.2, -0.15) is 4.31 Å². The lowest BCUT2D eigenvalue weighted by atomic mass is 10.1. The average Bonchev–Trinajstić information content (AvgIpc) is 2.88. The molecule has 0 radical (unpaired) electrons. The third-order valence-electron chi connectivity index (χ3n) is 4.12. The summed E-state index contributed by atoms with van der Waals surface area (Å²) in [6.45, 7) is 3.87. The fourth-order valence-electron chi connectivity index (χ4n) is 2.81. The summed E-state index contributed by atoms with van der Waals surface area (Å²) in [5, 5.41) is 0. The number of thiophene rings is 1. The molecule has 1 aliphatic rings. The summed E-state index contributed by atoms with van der Waals surface area (Å²) in [6.07, 6.45) is 0. The highest BCUT2D eigenvalue weighted by molar-refractivity contribution is 9.11. The Morgan fingerprint density at radius 3 is 2.52 bits per heavy atom. The largest absolute Gasteiger partial charge is 0.303 e. The predicted octanol–water partition coefficient (Wildman–Crippen LogP) is 3.50. The maximum Gasteiger partial charge on any atom is 0.253 e. The van der Waals surface area contributed by atoms with Crippen LogP contribution in [-0.2, 0) is 10.0 Å². The van der Waals surface area contributed by atoms with E-state index in [0.29, 0.717) is 17.3 Å². The van der Waals surface area contributed by atoms with E-state index < -0.39 is 10.0 Å². The van der Waals surface area contributed by atoms with Crippen molar-refractivity contribution in [2.24, 2.45) is 0 Å². The van der Waals surface area contributed by atoms with Crippen LogP contribution in [0.4, 0.5) is 0 Å². The summed E-state index contributed by atoms with van der Waals surface area (Å²) in [5.74, 6) is 0. The van der Waals surface area contributed by atoms with E-state index in [1.54, 1.807) is 10.4 Å². The van der Waals surface area contributed by atoms with Crippen molar-refractivity contribution in [3.8, 4) is 0 Å². The highest BCUT2D eigenvalue weighted by atomic mass is 79.9. The number of piperazine rings is 1. The van der Waals surface area contributed by atoms with E-state index in [-0.39, 0.29) is 6.04 Å². The molecule has 124 valence electrons. The highest BCUT2D eigenvalue weighted by Crippen LogP contribution is 2.36. The minimum absolute atomic E-state index is 0.152. The van der Waals surface area contributed by atoms with E-state index in [9.17, 15) is 8.42 Å². The molecule has 1 fully saturated rings. The summed E-state index contributed by atoms with van der Waals surface area (Å²) in [6, 6.07) is 11.5. The van der Waals surface area contributed by atoms with E-state index in [2.05, 4.69) is 20.8 Å². The Morgan fingerprint density at radius 1 is 1.22 bits per heavy atom. The molecule has 3 rings (SSSR count). The molecular formula is C16H19BrN2O2S2. The second-order valence-corrected chi connectivity index (χ2v) is 10.3. The summed E-state index contributed by atoms with van der Waals surface area (Å²) < 4.78 is 29.2. The molecule has 4 nitrogen and oxygen atoms in total. The number of halogens is 1. The predicted molar refractivity (Wildman–Crippen MR) is 97.3 cm³/mol. The van der Waals surface area contributed by atoms with Gasteiger partial charge in [0, 0.05) is 19.6 Å². The van der Waals surface area contributed by atoms with Crippen LogP contribution < -0.4 is 0 Å². The minimum Gasteiger partial charge on any atom is -0.303 e. The topological polar surface area (TPSA) is 40.6 Å². The van der Waals surface area contributed by atoms with Crippen LogP contribution in [0.3, 0.4) is 0 Å². The molecule has 0 aliphatic carbocycles. The molecule has 23 heavy (non-hydrogen) atoms. The monoisotopic (exact) mass is 414 g/mol. The number of sulfonamides is 1. The third kappa shape index (κ3) is 3.39. The fourth-order valence-corrected chi connectivity index (χ4v) is 6.76. The zero-order valence-corrected chi connectivity index (χ0v) is 16.3. The van der Waals surface area contributed by atoms with Gasteiger partial charge in [0.2, 0.25) is 0 Å². The summed E-state index contributed by atoms with van der Waals surface area (Å²) in [4.78, 5) is 2.18. The molecule has 0 spiro atoms. The molecule has 1 saturated heterocycles. The Morgan fingerprint density at radius 2 is 1.91 bits per heavy atom. The van der Waals surface area contributed by atoms with Gasteiger partial charge in [0.05, 0.1) is 9.83 Å². The molecule has 1 aromatic carbocycles. The lowest BCUT2D eigenvalue weighted by Crippen LogP contribution is -2.49. The summed E-state index contributed by atoms with van der Waals surface area (Å²) >= 11 is 4.72. The van der Waals surface area contributed by atoms with E-state index in [4.69, 9.17) is 0 Å². The smallest absolute Gasteiger partial charge is 0.253 e. The lowest BCUT2D eigenvalue weighted by Gasteiger charge is -2.39. The Labute approximate surface area is 149 Å². The first-order valence-electron chi connectivity index (χ1n) is 7.41. The Hall–Kier alpha value is -0.730. The van der Waals surface area contributed by atoms with Crippen molar-refractivity contribution in [3.63, 3.8) is 0 Å². The van der Waals surface area contributed by atoms with Crippen molar-refractivity contribution in [3.05, 3.63) is 51.3 Å². The molecule has 0 amide bonds. The van der Waals surface area contributed by atoms with Gasteiger partial charge in [-0.1, -0.05) is 30.3 Å². The van der Waals surface area contributed by atoms with Crippen LogP contribution >= 0.6 is 27.3 Å². The van der Waals surface area contributed by atoms with Gasteiger partial charge in [-0.25, -0.2) is 8.42 Å². The van der Waals surface area contributed by atoms with E-state index in [1.807, 2.05) is 44.3 Å². The first-order valence-corrected chi connectivity index (χ1v) is 10.5. The maximum absolute atomic E-state index is 13.1. The first-order chi connectivity index (χ1) is 10.9. The average molecular weight is 415 g/mol. The molecule has 1 atom stereocenters. The normalized spacial score (nSPS) is 20.7. The van der Waals surface area contributed by atoms with Crippen LogP contribution in [0, 0.1) is 6.92 Å². The van der Waals surface area contributed by atoms with Gasteiger partial charge in [-0.3, -0.25) is 0 Å². The minimum atomic E-state index is -3.49. The van der Waals surface area contributed by atoms with Crippen LogP contribution in [0.5, 0.6) is 0 Å². The highest BCUT2D eigenvalue weighted by Gasteiger charge is 2.37. The molecule has 1 aromatic heterocycles. The SMILES string of the molecule is Cc1cc(S(=O)(=O)N2CCN(C)CC2c2ccccc2)sc1Br. The van der Waals surface area contributed by atoms with Crippen molar-refractivity contribution in [1.82, 2.24) is 9.21 Å². The van der Waals surface area contributed by atoms with Gasteiger partial charge in [0.25, 0.3) is 10.0 Å². The van der Waals surface area contributed by atoms with E-state index in [0.717, 1.165) is 21.5 Å². The number of aryl methyl sites for hydroxylation is 1. The Bertz CT molecular complexity index is 770. The third-order valence-corrected chi connectivity index (χ3v) is 8.61. The second-order valence-electron chi connectivity index (χ2n) is 5.83. The van der Waals surface area contributed by atoms with Crippen LogP contribution in [0.2, 0.25) is 0 Å². The van der Waals surface area contributed by atoms with Crippen molar-refractivity contribution < 1.29 is 8.42 Å². The Balaban J connectivity index is 2.01. The van der Waals surface area contributed by atoms with Gasteiger partial charge in [0.15, 0.2) is 0 Å². The molecule has 0 bridgehead atoms. The fraction of sp³-hybridized carbons (Fsp3) is 0.375. The van der Waals surface area contributed by atoms with Crippen molar-refractivity contribution in [1.29, 1.82) is 0 Å². The summed E-state index contributed by atoms with van der Waals surface area (Å²) in [5.41, 5.74) is 1.99. The number of likely N-dealkylation sites (N-methyl/N-ethyl adjacent to an activating group) is 1. The number of hydrogen-bond donors (Lipinski definition) is 0. The number of rotatable bonds is 3. The number of nitrogens with zero attached hydrogens (tertiary/aromatic N) is 2. The van der Waals surface area contributed by atoms with Crippen LogP contribution in [0.25, 0.3) is 0 Å². The first kappa shape index (κ1) is 17.1. The molecule has 2 aromatic rings. The molecule has 2 heterocycles. The van der Waals surface area contributed by atoms with E-state index >= 15 is 0 Å². The molecule has 1 aliphatic heterocycles. The molecule has 1 unspecified atom stereocenters. The van der Waals surface area contributed by atoms with Gasteiger partial charge >= 0.3 is 0 Å². The van der Waals surface area contributed by atoms with Gasteiger partial charge < -0.3 is 4.90 Å². The molecule has 0 saturated carbocycles. The van der Waals surface area contributed by atoms with Crippen molar-refractivity contribution in [2.75, 3.05) is 26.7 Å². The second kappa shape index (κ2) is 6.64. The van der Waals surface area contributed by atoms with Gasteiger partial charge in [-0.15, -0.1) is 11.3 Å². The Kier molecular flexibility index (Phi) is 4.94. The van der Waals surface area contributed by atoms with Crippen LogP contribution in [0.15, 0.2) is 44.4 Å². The number of hydrogen-bond acceptors (Lipinski definition) is 4. The molecular weight excluding hydrogens is 396 g/mol.